The highest BCUT2D eigenvalue weighted by Gasteiger charge is 2.25. The maximum Gasteiger partial charge on any atom is 0.225 e. The van der Waals surface area contributed by atoms with Crippen molar-refractivity contribution in [3.63, 3.8) is 0 Å². The molecular formula is C15H21NO2. The minimum atomic E-state index is 0.258. The first kappa shape index (κ1) is 12.9. The van der Waals surface area contributed by atoms with Crippen molar-refractivity contribution in [1.82, 2.24) is 4.90 Å². The van der Waals surface area contributed by atoms with Crippen LogP contribution in [0.25, 0.3) is 0 Å². The third kappa shape index (κ3) is 3.03. The summed E-state index contributed by atoms with van der Waals surface area (Å²) in [5, 5.41) is 0. The van der Waals surface area contributed by atoms with E-state index in [1.165, 1.54) is 12.8 Å². The second-order valence-corrected chi connectivity index (χ2v) is 5.02. The number of amides is 1. The number of ether oxygens (including phenoxy) is 1. The Kier molecular flexibility index (Phi) is 4.24. The van der Waals surface area contributed by atoms with E-state index in [0.717, 1.165) is 24.2 Å². The van der Waals surface area contributed by atoms with Gasteiger partial charge in [-0.1, -0.05) is 25.0 Å². The Hall–Kier alpha value is -1.51. The topological polar surface area (TPSA) is 29.5 Å². The van der Waals surface area contributed by atoms with Crippen molar-refractivity contribution in [1.29, 1.82) is 0 Å². The Morgan fingerprint density at radius 2 is 1.89 bits per heavy atom. The van der Waals surface area contributed by atoms with Gasteiger partial charge >= 0.3 is 0 Å². The second-order valence-electron chi connectivity index (χ2n) is 5.02. The lowest BCUT2D eigenvalue weighted by molar-refractivity contribution is -0.134. The van der Waals surface area contributed by atoms with E-state index in [2.05, 4.69) is 0 Å². The number of nitrogens with zero attached hydrogens (tertiary/aromatic N) is 1. The molecule has 1 fully saturated rings. The molecule has 1 aromatic rings. The lowest BCUT2D eigenvalue weighted by Crippen LogP contribution is -2.31. The summed E-state index contributed by atoms with van der Waals surface area (Å²) in [7, 11) is 3.55. The van der Waals surface area contributed by atoms with Gasteiger partial charge in [0.2, 0.25) is 5.91 Å². The molecular weight excluding hydrogens is 226 g/mol. The van der Waals surface area contributed by atoms with E-state index < -0.39 is 0 Å². The SMILES string of the molecule is COc1ccc(CN(C)C(=O)C2CCCC2)cc1. The first-order valence-corrected chi connectivity index (χ1v) is 6.58. The number of hydrogen-bond donors (Lipinski definition) is 0. The minimum absolute atomic E-state index is 0.258. The molecule has 1 aliphatic rings. The normalized spacial score (nSPS) is 15.7. The number of benzene rings is 1. The van der Waals surface area contributed by atoms with Gasteiger partial charge in [-0.2, -0.15) is 0 Å². The fraction of sp³-hybridized carbons (Fsp3) is 0.533. The van der Waals surface area contributed by atoms with E-state index in [1.807, 2.05) is 36.2 Å². The van der Waals surface area contributed by atoms with Crippen LogP contribution in [0.3, 0.4) is 0 Å². The summed E-state index contributed by atoms with van der Waals surface area (Å²) in [6, 6.07) is 7.89. The molecule has 1 amide bonds. The number of carbonyl (C=O) groups is 1. The smallest absolute Gasteiger partial charge is 0.225 e. The zero-order valence-electron chi connectivity index (χ0n) is 11.2. The van der Waals surface area contributed by atoms with E-state index in [0.29, 0.717) is 12.5 Å². The molecule has 1 saturated carbocycles. The summed E-state index contributed by atoms with van der Waals surface area (Å²) in [4.78, 5) is 14.0. The molecule has 1 aromatic carbocycles. The highest BCUT2D eigenvalue weighted by molar-refractivity contribution is 5.78. The standard InChI is InChI=1S/C15H21NO2/c1-16(15(17)13-5-3-4-6-13)11-12-7-9-14(18-2)10-8-12/h7-10,13H,3-6,11H2,1-2H3. The first-order chi connectivity index (χ1) is 8.70. The van der Waals surface area contributed by atoms with Gasteiger partial charge in [0.25, 0.3) is 0 Å². The zero-order valence-corrected chi connectivity index (χ0v) is 11.2. The van der Waals surface area contributed by atoms with E-state index in [4.69, 9.17) is 4.74 Å². The first-order valence-electron chi connectivity index (χ1n) is 6.58. The Balaban J connectivity index is 1.92. The van der Waals surface area contributed by atoms with Crippen LogP contribution in [0.4, 0.5) is 0 Å². The predicted octanol–water partition coefficient (Wildman–Crippen LogP) is 2.84. The third-order valence-corrected chi connectivity index (χ3v) is 3.66. The van der Waals surface area contributed by atoms with Crippen molar-refractivity contribution in [2.75, 3.05) is 14.2 Å². The quantitative estimate of drug-likeness (QED) is 0.818. The zero-order chi connectivity index (χ0) is 13.0. The Morgan fingerprint density at radius 3 is 2.44 bits per heavy atom. The predicted molar refractivity (Wildman–Crippen MR) is 71.4 cm³/mol. The highest BCUT2D eigenvalue weighted by Crippen LogP contribution is 2.26. The van der Waals surface area contributed by atoms with Gasteiger partial charge in [0.1, 0.15) is 5.75 Å². The molecule has 3 heteroatoms. The van der Waals surface area contributed by atoms with E-state index >= 15 is 0 Å². The molecule has 0 N–H and O–H groups in total. The molecule has 0 bridgehead atoms. The van der Waals surface area contributed by atoms with Crippen LogP contribution in [-0.2, 0) is 11.3 Å². The summed E-state index contributed by atoms with van der Waals surface area (Å²) in [6.07, 6.45) is 4.52. The van der Waals surface area contributed by atoms with Gasteiger partial charge in [-0.3, -0.25) is 4.79 Å². The van der Waals surface area contributed by atoms with Crippen molar-refractivity contribution >= 4 is 5.91 Å². The fourth-order valence-electron chi connectivity index (χ4n) is 2.57. The lowest BCUT2D eigenvalue weighted by Gasteiger charge is -2.21. The second kappa shape index (κ2) is 5.89. The molecule has 0 spiro atoms. The summed E-state index contributed by atoms with van der Waals surface area (Å²) < 4.78 is 5.12. The lowest BCUT2D eigenvalue weighted by atomic mass is 10.1. The van der Waals surface area contributed by atoms with Gasteiger partial charge < -0.3 is 9.64 Å². The number of rotatable bonds is 4. The van der Waals surface area contributed by atoms with Crippen molar-refractivity contribution in [2.45, 2.75) is 32.2 Å². The number of methoxy groups -OCH3 is 1. The van der Waals surface area contributed by atoms with Crippen LogP contribution >= 0.6 is 0 Å². The maximum atomic E-state index is 12.2. The molecule has 0 unspecified atom stereocenters. The van der Waals surface area contributed by atoms with Gasteiger partial charge in [0.15, 0.2) is 0 Å². The van der Waals surface area contributed by atoms with Crippen molar-refractivity contribution in [3.8, 4) is 5.75 Å². The van der Waals surface area contributed by atoms with Crippen LogP contribution in [0, 0.1) is 5.92 Å². The Morgan fingerprint density at radius 1 is 1.28 bits per heavy atom. The van der Waals surface area contributed by atoms with Gasteiger partial charge in [-0.05, 0) is 30.5 Å². The van der Waals surface area contributed by atoms with E-state index in [9.17, 15) is 4.79 Å². The van der Waals surface area contributed by atoms with Gasteiger partial charge in [0.05, 0.1) is 7.11 Å². The average Bonchev–Trinajstić information content (AvgIpc) is 2.92. The van der Waals surface area contributed by atoms with E-state index in [1.54, 1.807) is 7.11 Å². The van der Waals surface area contributed by atoms with Crippen LogP contribution in [0.5, 0.6) is 5.75 Å². The molecule has 0 aliphatic heterocycles. The molecule has 0 saturated heterocycles. The summed E-state index contributed by atoms with van der Waals surface area (Å²) in [5.74, 6) is 1.40. The fourth-order valence-corrected chi connectivity index (χ4v) is 2.57. The average molecular weight is 247 g/mol. The molecule has 0 atom stereocenters. The molecule has 0 radical (unpaired) electrons. The molecule has 3 nitrogen and oxygen atoms in total. The Bertz CT molecular complexity index is 393. The van der Waals surface area contributed by atoms with Gasteiger partial charge in [-0.25, -0.2) is 0 Å². The molecule has 0 aromatic heterocycles. The van der Waals surface area contributed by atoms with Crippen molar-refractivity contribution in [2.24, 2.45) is 5.92 Å². The van der Waals surface area contributed by atoms with Crippen LogP contribution in [0.1, 0.15) is 31.2 Å². The van der Waals surface area contributed by atoms with Gasteiger partial charge in [0, 0.05) is 19.5 Å². The third-order valence-electron chi connectivity index (χ3n) is 3.66. The van der Waals surface area contributed by atoms with Crippen LogP contribution in [0.15, 0.2) is 24.3 Å². The summed E-state index contributed by atoms with van der Waals surface area (Å²) in [5.41, 5.74) is 1.14. The molecule has 2 rings (SSSR count). The minimum Gasteiger partial charge on any atom is -0.497 e. The molecule has 0 heterocycles. The van der Waals surface area contributed by atoms with E-state index in [-0.39, 0.29) is 5.92 Å². The summed E-state index contributed by atoms with van der Waals surface area (Å²) in [6.45, 7) is 0.680. The molecule has 18 heavy (non-hydrogen) atoms. The molecule has 98 valence electrons. The largest absolute Gasteiger partial charge is 0.497 e. The Labute approximate surface area is 109 Å². The number of carbonyl (C=O) groups excluding carboxylic acids is 1. The van der Waals surface area contributed by atoms with Crippen molar-refractivity contribution < 1.29 is 9.53 Å². The van der Waals surface area contributed by atoms with Crippen LogP contribution < -0.4 is 4.74 Å². The van der Waals surface area contributed by atoms with Gasteiger partial charge in [-0.15, -0.1) is 0 Å². The van der Waals surface area contributed by atoms with Crippen LogP contribution in [0.2, 0.25) is 0 Å². The maximum absolute atomic E-state index is 12.2. The molecule has 1 aliphatic carbocycles. The van der Waals surface area contributed by atoms with Crippen molar-refractivity contribution in [3.05, 3.63) is 29.8 Å². The number of hydrogen-bond acceptors (Lipinski definition) is 2. The highest BCUT2D eigenvalue weighted by atomic mass is 16.5. The monoisotopic (exact) mass is 247 g/mol. The summed E-state index contributed by atoms with van der Waals surface area (Å²) >= 11 is 0. The van der Waals surface area contributed by atoms with Crippen LogP contribution in [-0.4, -0.2) is 25.0 Å².